The molecule has 7 nitrogen and oxygen atoms in total. The van der Waals surface area contributed by atoms with Gasteiger partial charge in [-0.3, -0.25) is 0 Å². The van der Waals surface area contributed by atoms with Crippen molar-refractivity contribution in [1.29, 1.82) is 0 Å². The van der Waals surface area contributed by atoms with Crippen molar-refractivity contribution in [3.8, 4) is 11.1 Å². The zero-order chi connectivity index (χ0) is 24.6. The van der Waals surface area contributed by atoms with Crippen LogP contribution in [0.15, 0.2) is 24.5 Å². The Morgan fingerprint density at radius 3 is 2.49 bits per heavy atom. The molecule has 3 heterocycles. The van der Waals surface area contributed by atoms with Crippen LogP contribution in [0, 0.1) is 5.92 Å². The largest absolute Gasteiger partial charge is 0.384 e. The summed E-state index contributed by atoms with van der Waals surface area (Å²) in [5.41, 5.74) is 2.58. The van der Waals surface area contributed by atoms with Crippen LogP contribution in [0.2, 0.25) is 10.2 Å². The third kappa shape index (κ3) is 7.67. The van der Waals surface area contributed by atoms with Crippen LogP contribution in [0.25, 0.3) is 11.1 Å². The second-order valence-corrected chi connectivity index (χ2v) is 10.5. The lowest BCUT2D eigenvalue weighted by atomic mass is 9.90. The third-order valence-electron chi connectivity index (χ3n) is 6.94. The number of anilines is 2. The average molecular weight is 523 g/mol. The molecule has 1 aliphatic heterocycles. The van der Waals surface area contributed by atoms with Crippen molar-refractivity contribution >= 4 is 34.7 Å². The van der Waals surface area contributed by atoms with Gasteiger partial charge >= 0.3 is 0 Å². The molecule has 9 heteroatoms. The molecule has 192 valence electrons. The van der Waals surface area contributed by atoms with Crippen molar-refractivity contribution in [1.82, 2.24) is 15.3 Å². The van der Waals surface area contributed by atoms with E-state index in [1.807, 2.05) is 12.1 Å². The summed E-state index contributed by atoms with van der Waals surface area (Å²) in [7, 11) is 1.75. The number of hydrogen-bond donors (Lipinski definition) is 3. The maximum Gasteiger partial charge on any atom is 0.137 e. The van der Waals surface area contributed by atoms with Gasteiger partial charge in [-0.1, -0.05) is 23.2 Å². The van der Waals surface area contributed by atoms with Crippen molar-refractivity contribution in [3.05, 3.63) is 34.7 Å². The second kappa shape index (κ2) is 13.1. The molecular weight excluding hydrogens is 485 g/mol. The molecule has 0 aromatic carbocycles. The van der Waals surface area contributed by atoms with Gasteiger partial charge in [-0.05, 0) is 63.5 Å². The SMILES string of the molecule is COC[C@H](C)NC1CCC(Nc2cc(-c3cc(NCC4CCOCC4)cnc3Cl)c(Cl)cn2)CC1. The van der Waals surface area contributed by atoms with Crippen LogP contribution >= 0.6 is 23.2 Å². The lowest BCUT2D eigenvalue weighted by molar-refractivity contribution is 0.0699. The Morgan fingerprint density at radius 2 is 1.74 bits per heavy atom. The molecule has 1 saturated heterocycles. The number of methoxy groups -OCH3 is 1. The van der Waals surface area contributed by atoms with Crippen LogP contribution in [0.1, 0.15) is 45.4 Å². The third-order valence-corrected chi connectivity index (χ3v) is 7.54. The number of nitrogens with zero attached hydrogens (tertiary/aromatic N) is 2. The van der Waals surface area contributed by atoms with E-state index >= 15 is 0 Å². The summed E-state index contributed by atoms with van der Waals surface area (Å²) in [6.07, 6.45) is 10.1. The first kappa shape index (κ1) is 26.4. The lowest BCUT2D eigenvalue weighted by Crippen LogP contribution is -2.42. The number of hydrogen-bond acceptors (Lipinski definition) is 7. The topological polar surface area (TPSA) is 80.3 Å². The van der Waals surface area contributed by atoms with E-state index in [4.69, 9.17) is 32.7 Å². The summed E-state index contributed by atoms with van der Waals surface area (Å²) in [6.45, 7) is 5.47. The fourth-order valence-electron chi connectivity index (χ4n) is 4.98. The predicted octanol–water partition coefficient (Wildman–Crippen LogP) is 5.64. The molecule has 1 aliphatic carbocycles. The zero-order valence-electron chi connectivity index (χ0n) is 20.7. The molecule has 0 unspecified atom stereocenters. The minimum Gasteiger partial charge on any atom is -0.384 e. The van der Waals surface area contributed by atoms with Crippen molar-refractivity contribution < 1.29 is 9.47 Å². The highest BCUT2D eigenvalue weighted by molar-refractivity contribution is 6.36. The highest BCUT2D eigenvalue weighted by Gasteiger charge is 2.23. The fourth-order valence-corrected chi connectivity index (χ4v) is 5.39. The summed E-state index contributed by atoms with van der Waals surface area (Å²) < 4.78 is 10.7. The van der Waals surface area contributed by atoms with Gasteiger partial charge in [-0.2, -0.15) is 0 Å². The van der Waals surface area contributed by atoms with E-state index in [1.165, 1.54) is 0 Å². The standard InChI is InChI=1S/C26H37Cl2N5O2/c1-17(16-34-2)32-19-3-5-20(6-4-19)33-25-12-22(24(27)15-30-25)23-11-21(14-31-26(23)28)29-13-18-7-9-35-10-8-18/h11-12,14-15,17-20,29,32H,3-10,13,16H2,1-2H3,(H,30,33)/t17-,19?,20?/m0/s1. The summed E-state index contributed by atoms with van der Waals surface area (Å²) in [6, 6.07) is 5.30. The first-order valence-electron chi connectivity index (χ1n) is 12.7. The molecule has 0 radical (unpaired) electrons. The summed E-state index contributed by atoms with van der Waals surface area (Å²) in [5, 5.41) is 11.8. The molecule has 35 heavy (non-hydrogen) atoms. The Morgan fingerprint density at radius 1 is 1.00 bits per heavy atom. The first-order chi connectivity index (χ1) is 17.0. The van der Waals surface area contributed by atoms with Gasteiger partial charge < -0.3 is 25.4 Å². The molecule has 0 spiro atoms. The monoisotopic (exact) mass is 521 g/mol. The molecule has 3 N–H and O–H groups in total. The van der Waals surface area contributed by atoms with Crippen LogP contribution in [0.4, 0.5) is 11.5 Å². The number of nitrogens with one attached hydrogen (secondary N) is 3. The number of ether oxygens (including phenoxy) is 2. The molecule has 2 fully saturated rings. The zero-order valence-corrected chi connectivity index (χ0v) is 22.2. The van der Waals surface area contributed by atoms with E-state index < -0.39 is 0 Å². The Balaban J connectivity index is 1.38. The van der Waals surface area contributed by atoms with E-state index in [2.05, 4.69) is 32.8 Å². The van der Waals surface area contributed by atoms with Gasteiger partial charge in [0.25, 0.3) is 0 Å². The molecule has 0 amide bonds. The highest BCUT2D eigenvalue weighted by Crippen LogP contribution is 2.35. The Labute approximate surface area is 218 Å². The quantitative estimate of drug-likeness (QED) is 0.349. The molecule has 2 aromatic rings. The molecule has 4 rings (SSSR count). The summed E-state index contributed by atoms with van der Waals surface area (Å²) >= 11 is 13.1. The molecule has 2 aromatic heterocycles. The fraction of sp³-hybridized carbons (Fsp3) is 0.615. The molecule has 2 aliphatic rings. The van der Waals surface area contributed by atoms with Crippen LogP contribution in [-0.2, 0) is 9.47 Å². The number of pyridine rings is 2. The summed E-state index contributed by atoms with van der Waals surface area (Å²) in [5.74, 6) is 1.42. The van der Waals surface area contributed by atoms with Gasteiger partial charge in [0.1, 0.15) is 11.0 Å². The van der Waals surface area contributed by atoms with Crippen LogP contribution < -0.4 is 16.0 Å². The van der Waals surface area contributed by atoms with E-state index in [-0.39, 0.29) is 0 Å². The van der Waals surface area contributed by atoms with Gasteiger partial charge in [-0.25, -0.2) is 9.97 Å². The smallest absolute Gasteiger partial charge is 0.137 e. The normalized spacial score (nSPS) is 22.1. The van der Waals surface area contributed by atoms with Gasteiger partial charge in [0.2, 0.25) is 0 Å². The average Bonchev–Trinajstić information content (AvgIpc) is 2.87. The predicted molar refractivity (Wildman–Crippen MR) is 144 cm³/mol. The Kier molecular flexibility index (Phi) is 9.86. The first-order valence-corrected chi connectivity index (χ1v) is 13.4. The van der Waals surface area contributed by atoms with Crippen molar-refractivity contribution in [2.75, 3.05) is 44.1 Å². The van der Waals surface area contributed by atoms with E-state index in [1.54, 1.807) is 19.5 Å². The highest BCUT2D eigenvalue weighted by atomic mass is 35.5. The van der Waals surface area contributed by atoms with Crippen LogP contribution in [0.3, 0.4) is 0 Å². The Bertz CT molecular complexity index is 949. The molecule has 0 bridgehead atoms. The Hall–Kier alpha value is -1.64. The molecule has 1 saturated carbocycles. The number of halogens is 2. The van der Waals surface area contributed by atoms with Gasteiger partial charge in [0.15, 0.2) is 0 Å². The maximum absolute atomic E-state index is 6.56. The van der Waals surface area contributed by atoms with Gasteiger partial charge in [0, 0.05) is 62.3 Å². The van der Waals surface area contributed by atoms with Crippen LogP contribution in [-0.4, -0.2) is 61.6 Å². The number of aromatic nitrogens is 2. The minimum atomic E-state index is 0.371. The van der Waals surface area contributed by atoms with Crippen molar-refractivity contribution in [2.45, 2.75) is 63.6 Å². The molecule has 1 atom stereocenters. The lowest BCUT2D eigenvalue weighted by Gasteiger charge is -2.32. The van der Waals surface area contributed by atoms with E-state index in [0.717, 1.165) is 87.5 Å². The van der Waals surface area contributed by atoms with Crippen LogP contribution in [0.5, 0.6) is 0 Å². The maximum atomic E-state index is 6.56. The van der Waals surface area contributed by atoms with Crippen molar-refractivity contribution in [3.63, 3.8) is 0 Å². The van der Waals surface area contributed by atoms with Crippen molar-refractivity contribution in [2.24, 2.45) is 5.92 Å². The van der Waals surface area contributed by atoms with E-state index in [9.17, 15) is 0 Å². The second-order valence-electron chi connectivity index (χ2n) is 9.76. The summed E-state index contributed by atoms with van der Waals surface area (Å²) in [4.78, 5) is 8.95. The molecular formula is C26H37Cl2N5O2. The minimum absolute atomic E-state index is 0.371. The van der Waals surface area contributed by atoms with Gasteiger partial charge in [0.05, 0.1) is 23.5 Å². The van der Waals surface area contributed by atoms with Gasteiger partial charge in [-0.15, -0.1) is 0 Å². The number of rotatable bonds is 10. The van der Waals surface area contributed by atoms with E-state index in [0.29, 0.717) is 34.2 Å².